The predicted octanol–water partition coefficient (Wildman–Crippen LogP) is 2.67. The second-order valence-electron chi connectivity index (χ2n) is 2.97. The molecule has 0 aromatic rings. The molecule has 0 aliphatic rings. The topological polar surface area (TPSA) is 12.0 Å². The molecule has 0 fully saturated rings. The fourth-order valence-corrected chi connectivity index (χ4v) is 0.404. The first-order valence-corrected chi connectivity index (χ1v) is 3.62. The standard InChI is InChI=1S/C9H17N/c1-7(2)9(5)6-10-8(3)4/h6-7,10H,3H2,1-2,4-5H3/b9-6+. The molecule has 0 unspecified atom stereocenters. The molecule has 1 N–H and O–H groups in total. The Morgan fingerprint density at radius 2 is 1.90 bits per heavy atom. The van der Waals surface area contributed by atoms with Crippen LogP contribution in [-0.2, 0) is 0 Å². The van der Waals surface area contributed by atoms with Gasteiger partial charge in [0.05, 0.1) is 0 Å². The van der Waals surface area contributed by atoms with E-state index in [0.29, 0.717) is 5.92 Å². The van der Waals surface area contributed by atoms with Gasteiger partial charge in [0.15, 0.2) is 0 Å². The second-order valence-corrected chi connectivity index (χ2v) is 2.97. The molecule has 0 heterocycles. The van der Waals surface area contributed by atoms with Crippen molar-refractivity contribution in [1.29, 1.82) is 0 Å². The van der Waals surface area contributed by atoms with Gasteiger partial charge >= 0.3 is 0 Å². The van der Waals surface area contributed by atoms with Crippen molar-refractivity contribution in [1.82, 2.24) is 5.32 Å². The molecular formula is C9H17N. The van der Waals surface area contributed by atoms with E-state index in [1.807, 2.05) is 13.1 Å². The van der Waals surface area contributed by atoms with Crippen LogP contribution in [0.4, 0.5) is 0 Å². The number of rotatable bonds is 3. The quantitative estimate of drug-likeness (QED) is 0.634. The summed E-state index contributed by atoms with van der Waals surface area (Å²) < 4.78 is 0. The Hall–Kier alpha value is -0.720. The average Bonchev–Trinajstić information content (AvgIpc) is 1.82. The van der Waals surface area contributed by atoms with Crippen LogP contribution in [0.5, 0.6) is 0 Å². The largest absolute Gasteiger partial charge is 0.366 e. The van der Waals surface area contributed by atoms with Gasteiger partial charge in [0.2, 0.25) is 0 Å². The van der Waals surface area contributed by atoms with Gasteiger partial charge in [-0.3, -0.25) is 0 Å². The minimum Gasteiger partial charge on any atom is -0.366 e. The lowest BCUT2D eigenvalue weighted by molar-refractivity contribution is 0.758. The van der Waals surface area contributed by atoms with Crippen LogP contribution in [0.3, 0.4) is 0 Å². The third kappa shape index (κ3) is 4.19. The molecule has 0 rings (SSSR count). The zero-order chi connectivity index (χ0) is 8.15. The van der Waals surface area contributed by atoms with E-state index >= 15 is 0 Å². The van der Waals surface area contributed by atoms with Crippen molar-refractivity contribution in [2.24, 2.45) is 5.92 Å². The van der Waals surface area contributed by atoms with Crippen LogP contribution in [0.25, 0.3) is 0 Å². The maximum atomic E-state index is 3.73. The van der Waals surface area contributed by atoms with Gasteiger partial charge in [-0.2, -0.15) is 0 Å². The fourth-order valence-electron chi connectivity index (χ4n) is 0.404. The highest BCUT2D eigenvalue weighted by Gasteiger charge is 1.93. The number of hydrogen-bond acceptors (Lipinski definition) is 1. The van der Waals surface area contributed by atoms with Gasteiger partial charge in [-0.15, -0.1) is 0 Å². The van der Waals surface area contributed by atoms with E-state index < -0.39 is 0 Å². The second kappa shape index (κ2) is 4.15. The van der Waals surface area contributed by atoms with Crippen LogP contribution in [0.2, 0.25) is 0 Å². The first-order chi connectivity index (χ1) is 4.54. The lowest BCUT2D eigenvalue weighted by Gasteiger charge is -2.05. The summed E-state index contributed by atoms with van der Waals surface area (Å²) >= 11 is 0. The molecule has 0 bridgehead atoms. The monoisotopic (exact) mass is 139 g/mol. The molecule has 58 valence electrons. The van der Waals surface area contributed by atoms with Crippen LogP contribution >= 0.6 is 0 Å². The van der Waals surface area contributed by atoms with Gasteiger partial charge in [0, 0.05) is 5.70 Å². The van der Waals surface area contributed by atoms with Crippen molar-refractivity contribution in [2.45, 2.75) is 27.7 Å². The summed E-state index contributed by atoms with van der Waals surface area (Å²) in [5.41, 5.74) is 2.34. The maximum Gasteiger partial charge on any atom is 0.00420 e. The van der Waals surface area contributed by atoms with E-state index in [0.717, 1.165) is 5.70 Å². The summed E-state index contributed by atoms with van der Waals surface area (Å²) in [7, 11) is 0. The van der Waals surface area contributed by atoms with Gasteiger partial charge in [-0.05, 0) is 26.0 Å². The van der Waals surface area contributed by atoms with E-state index in [4.69, 9.17) is 0 Å². The van der Waals surface area contributed by atoms with Gasteiger partial charge < -0.3 is 5.32 Å². The minimum absolute atomic E-state index is 0.617. The Morgan fingerprint density at radius 1 is 1.40 bits per heavy atom. The molecule has 0 aromatic heterocycles. The summed E-state index contributed by atoms with van der Waals surface area (Å²) in [5.74, 6) is 0.617. The lowest BCUT2D eigenvalue weighted by Crippen LogP contribution is -2.02. The molecule has 0 atom stereocenters. The van der Waals surface area contributed by atoms with Crippen molar-refractivity contribution >= 4 is 0 Å². The smallest absolute Gasteiger partial charge is 0.00420 e. The van der Waals surface area contributed by atoms with Crippen LogP contribution in [-0.4, -0.2) is 0 Å². The van der Waals surface area contributed by atoms with E-state index in [1.54, 1.807) is 0 Å². The molecule has 0 saturated heterocycles. The first kappa shape index (κ1) is 9.28. The summed E-state index contributed by atoms with van der Waals surface area (Å²) in [6.07, 6.45) is 2.01. The molecule has 1 nitrogen and oxygen atoms in total. The van der Waals surface area contributed by atoms with Crippen molar-refractivity contribution in [3.63, 3.8) is 0 Å². The normalized spacial score (nSPS) is 11.9. The molecule has 10 heavy (non-hydrogen) atoms. The molecule has 0 spiro atoms. The molecule has 0 radical (unpaired) electrons. The summed E-state index contributed by atoms with van der Waals surface area (Å²) in [5, 5.41) is 3.07. The molecule has 0 amide bonds. The summed E-state index contributed by atoms with van der Waals surface area (Å²) in [6, 6.07) is 0. The zero-order valence-corrected chi connectivity index (χ0v) is 7.36. The molecule has 0 aromatic carbocycles. The molecule has 0 aliphatic heterocycles. The molecule has 1 heteroatoms. The first-order valence-electron chi connectivity index (χ1n) is 3.62. The minimum atomic E-state index is 0.617. The maximum absolute atomic E-state index is 3.73. The summed E-state index contributed by atoms with van der Waals surface area (Å²) in [4.78, 5) is 0. The average molecular weight is 139 g/mol. The van der Waals surface area contributed by atoms with E-state index in [2.05, 4.69) is 32.7 Å². The van der Waals surface area contributed by atoms with Gasteiger partial charge in [-0.1, -0.05) is 26.0 Å². The SMILES string of the molecule is C=C(C)N/C=C(\C)C(C)C. The predicted molar refractivity (Wildman–Crippen MR) is 46.5 cm³/mol. The third-order valence-electron chi connectivity index (χ3n) is 1.46. The van der Waals surface area contributed by atoms with Crippen molar-refractivity contribution < 1.29 is 0 Å². The number of hydrogen-bond donors (Lipinski definition) is 1. The van der Waals surface area contributed by atoms with Gasteiger partial charge in [-0.25, -0.2) is 0 Å². The number of nitrogens with one attached hydrogen (secondary N) is 1. The highest BCUT2D eigenvalue weighted by molar-refractivity contribution is 5.03. The van der Waals surface area contributed by atoms with E-state index in [1.165, 1.54) is 5.57 Å². The highest BCUT2D eigenvalue weighted by Crippen LogP contribution is 2.05. The Kier molecular flexibility index (Phi) is 3.85. The van der Waals surface area contributed by atoms with E-state index in [-0.39, 0.29) is 0 Å². The zero-order valence-electron chi connectivity index (χ0n) is 7.36. The Bertz CT molecular complexity index is 143. The molecule has 0 saturated carbocycles. The lowest BCUT2D eigenvalue weighted by atomic mass is 10.1. The molecule has 0 aliphatic carbocycles. The van der Waals surface area contributed by atoms with Gasteiger partial charge in [0.1, 0.15) is 0 Å². The Balaban J connectivity index is 3.80. The third-order valence-corrected chi connectivity index (χ3v) is 1.46. The number of allylic oxidation sites excluding steroid dienone is 2. The van der Waals surface area contributed by atoms with Crippen LogP contribution in [0.15, 0.2) is 24.0 Å². The Labute approximate surface area is 63.8 Å². The Morgan fingerprint density at radius 3 is 2.20 bits per heavy atom. The van der Waals surface area contributed by atoms with Crippen LogP contribution in [0.1, 0.15) is 27.7 Å². The summed E-state index contributed by atoms with van der Waals surface area (Å²) in [6.45, 7) is 12.1. The van der Waals surface area contributed by atoms with Crippen molar-refractivity contribution in [3.05, 3.63) is 24.0 Å². The van der Waals surface area contributed by atoms with Crippen LogP contribution < -0.4 is 5.32 Å². The van der Waals surface area contributed by atoms with E-state index in [9.17, 15) is 0 Å². The highest BCUT2D eigenvalue weighted by atomic mass is 14.8. The fraction of sp³-hybridized carbons (Fsp3) is 0.556. The van der Waals surface area contributed by atoms with Crippen molar-refractivity contribution in [3.8, 4) is 0 Å². The van der Waals surface area contributed by atoms with Crippen molar-refractivity contribution in [2.75, 3.05) is 0 Å². The molecular weight excluding hydrogens is 122 g/mol. The van der Waals surface area contributed by atoms with Crippen LogP contribution in [0, 0.1) is 5.92 Å². The van der Waals surface area contributed by atoms with Gasteiger partial charge in [0.25, 0.3) is 0 Å².